The zero-order chi connectivity index (χ0) is 15.4. The molecule has 114 valence electrons. The van der Waals surface area contributed by atoms with Gasteiger partial charge in [-0.1, -0.05) is 6.07 Å². The third kappa shape index (κ3) is 3.51. The number of amides is 1. The normalized spacial score (nSPS) is 17.2. The van der Waals surface area contributed by atoms with Gasteiger partial charge in [0.1, 0.15) is 17.4 Å². The van der Waals surface area contributed by atoms with Gasteiger partial charge in [0.15, 0.2) is 0 Å². The number of nitrogens with zero attached hydrogens (tertiary/aromatic N) is 1. The number of carbonyl (C=O) groups is 1. The molecule has 1 saturated heterocycles. The first-order chi connectivity index (χ1) is 10.7. The van der Waals surface area contributed by atoms with Crippen molar-refractivity contribution < 1.29 is 14.6 Å². The maximum Gasteiger partial charge on any atom is 0.261 e. The van der Waals surface area contributed by atoms with Crippen molar-refractivity contribution in [3.63, 3.8) is 0 Å². The van der Waals surface area contributed by atoms with Crippen molar-refractivity contribution in [2.45, 2.75) is 12.5 Å². The van der Waals surface area contributed by atoms with Crippen LogP contribution in [0.2, 0.25) is 0 Å². The number of hydrogen-bond donors (Lipinski definition) is 2. The summed E-state index contributed by atoms with van der Waals surface area (Å²) >= 11 is 1.84. The molecule has 1 aliphatic rings. The Kier molecular flexibility index (Phi) is 4.48. The van der Waals surface area contributed by atoms with Crippen LogP contribution in [0.3, 0.4) is 0 Å². The predicted molar refractivity (Wildman–Crippen MR) is 86.7 cm³/mol. The van der Waals surface area contributed by atoms with Crippen molar-refractivity contribution in [2.24, 2.45) is 0 Å². The van der Waals surface area contributed by atoms with E-state index < -0.39 is 0 Å². The van der Waals surface area contributed by atoms with Crippen molar-refractivity contribution in [3.8, 4) is 11.6 Å². The molecule has 1 aromatic carbocycles. The molecule has 0 bridgehead atoms. The Bertz CT molecular complexity index is 672. The molecule has 1 amide bonds. The second kappa shape index (κ2) is 6.70. The van der Waals surface area contributed by atoms with E-state index in [1.165, 1.54) is 6.07 Å². The van der Waals surface area contributed by atoms with Crippen molar-refractivity contribution in [3.05, 3.63) is 48.2 Å². The van der Waals surface area contributed by atoms with E-state index in [0.29, 0.717) is 17.1 Å². The monoisotopic (exact) mass is 316 g/mol. The number of benzene rings is 1. The van der Waals surface area contributed by atoms with Gasteiger partial charge in [0, 0.05) is 23.7 Å². The summed E-state index contributed by atoms with van der Waals surface area (Å²) in [6, 6.07) is 9.80. The van der Waals surface area contributed by atoms with Crippen LogP contribution in [-0.4, -0.2) is 33.6 Å². The summed E-state index contributed by atoms with van der Waals surface area (Å²) in [5, 5.41) is 12.2. The first-order valence-corrected chi connectivity index (χ1v) is 8.17. The highest BCUT2D eigenvalue weighted by Gasteiger charge is 2.21. The van der Waals surface area contributed by atoms with E-state index in [1.54, 1.807) is 36.5 Å². The van der Waals surface area contributed by atoms with E-state index in [1.807, 2.05) is 11.8 Å². The van der Waals surface area contributed by atoms with Crippen molar-refractivity contribution in [2.75, 3.05) is 16.8 Å². The number of pyridine rings is 1. The number of hydrogen-bond acceptors (Lipinski definition) is 5. The maximum atomic E-state index is 12.4. The Balaban J connectivity index is 1.76. The molecule has 5 nitrogen and oxygen atoms in total. The molecule has 3 rings (SSSR count). The number of anilines is 1. The van der Waals surface area contributed by atoms with Gasteiger partial charge in [-0.2, -0.15) is 11.8 Å². The molecule has 0 aliphatic carbocycles. The second-order valence-electron chi connectivity index (χ2n) is 4.96. The Morgan fingerprint density at radius 1 is 1.36 bits per heavy atom. The van der Waals surface area contributed by atoms with Gasteiger partial charge in [0.2, 0.25) is 5.88 Å². The minimum Gasteiger partial charge on any atom is -0.508 e. The third-order valence-electron chi connectivity index (χ3n) is 3.29. The number of aromatic hydroxyl groups is 1. The molecule has 1 unspecified atom stereocenters. The molecule has 1 aromatic heterocycles. The van der Waals surface area contributed by atoms with Crippen LogP contribution in [0.25, 0.3) is 0 Å². The van der Waals surface area contributed by atoms with Crippen LogP contribution in [-0.2, 0) is 0 Å². The summed E-state index contributed by atoms with van der Waals surface area (Å²) in [4.78, 5) is 16.6. The highest BCUT2D eigenvalue weighted by molar-refractivity contribution is 7.99. The van der Waals surface area contributed by atoms with E-state index >= 15 is 0 Å². The SMILES string of the molecule is O=C(Nc1cccc(O)c1)c1cccnc1OC1CCSC1. The van der Waals surface area contributed by atoms with E-state index in [0.717, 1.165) is 17.9 Å². The lowest BCUT2D eigenvalue weighted by Crippen LogP contribution is -2.20. The third-order valence-corrected chi connectivity index (χ3v) is 4.42. The molecule has 0 saturated carbocycles. The number of rotatable bonds is 4. The fourth-order valence-electron chi connectivity index (χ4n) is 2.20. The largest absolute Gasteiger partial charge is 0.508 e. The molecule has 6 heteroatoms. The number of carbonyl (C=O) groups excluding carboxylic acids is 1. The fraction of sp³-hybridized carbons (Fsp3) is 0.250. The van der Waals surface area contributed by atoms with Crippen LogP contribution in [0.15, 0.2) is 42.6 Å². The Hall–Kier alpha value is -2.21. The molecule has 0 spiro atoms. The predicted octanol–water partition coefficient (Wildman–Crippen LogP) is 2.92. The summed E-state index contributed by atoms with van der Waals surface area (Å²) in [5.74, 6) is 2.14. The number of phenols is 1. The topological polar surface area (TPSA) is 71.5 Å². The first-order valence-electron chi connectivity index (χ1n) is 7.02. The van der Waals surface area contributed by atoms with Crippen LogP contribution in [0.5, 0.6) is 11.6 Å². The molecule has 2 heterocycles. The molecule has 0 radical (unpaired) electrons. The van der Waals surface area contributed by atoms with Gasteiger partial charge < -0.3 is 15.2 Å². The van der Waals surface area contributed by atoms with Crippen LogP contribution >= 0.6 is 11.8 Å². The Morgan fingerprint density at radius 3 is 3.05 bits per heavy atom. The van der Waals surface area contributed by atoms with Gasteiger partial charge in [-0.25, -0.2) is 4.98 Å². The molecule has 2 N–H and O–H groups in total. The van der Waals surface area contributed by atoms with E-state index in [9.17, 15) is 9.90 Å². The van der Waals surface area contributed by atoms with Gasteiger partial charge in [0.25, 0.3) is 5.91 Å². The summed E-state index contributed by atoms with van der Waals surface area (Å²) in [5.41, 5.74) is 0.916. The number of ether oxygens (including phenoxy) is 1. The summed E-state index contributed by atoms with van der Waals surface area (Å²) in [6.07, 6.45) is 2.68. The molecule has 2 aromatic rings. The zero-order valence-corrected chi connectivity index (χ0v) is 12.7. The van der Waals surface area contributed by atoms with Gasteiger partial charge >= 0.3 is 0 Å². The van der Waals surface area contributed by atoms with Crippen molar-refractivity contribution in [1.82, 2.24) is 4.98 Å². The van der Waals surface area contributed by atoms with E-state index in [4.69, 9.17) is 4.74 Å². The first kappa shape index (κ1) is 14.7. The van der Waals surface area contributed by atoms with Crippen LogP contribution in [0, 0.1) is 0 Å². The van der Waals surface area contributed by atoms with Gasteiger partial charge in [-0.05, 0) is 36.4 Å². The number of aromatic nitrogens is 1. The highest BCUT2D eigenvalue weighted by Crippen LogP contribution is 2.25. The molecule has 1 atom stereocenters. The fourth-order valence-corrected chi connectivity index (χ4v) is 3.30. The molecule has 22 heavy (non-hydrogen) atoms. The summed E-state index contributed by atoms with van der Waals surface area (Å²) < 4.78 is 5.85. The molecular weight excluding hydrogens is 300 g/mol. The molecule has 1 fully saturated rings. The maximum absolute atomic E-state index is 12.4. The minimum atomic E-state index is -0.306. The van der Waals surface area contributed by atoms with Gasteiger partial charge in [-0.15, -0.1) is 0 Å². The lowest BCUT2D eigenvalue weighted by molar-refractivity contribution is 0.101. The van der Waals surface area contributed by atoms with Crippen molar-refractivity contribution >= 4 is 23.4 Å². The molecular formula is C16H16N2O3S. The Labute approximate surface area is 132 Å². The van der Waals surface area contributed by atoms with E-state index in [-0.39, 0.29) is 17.8 Å². The van der Waals surface area contributed by atoms with Gasteiger partial charge in [-0.3, -0.25) is 4.79 Å². The lowest BCUT2D eigenvalue weighted by atomic mass is 10.2. The average Bonchev–Trinajstić information content (AvgIpc) is 3.01. The standard InChI is InChI=1S/C16H16N2O3S/c19-12-4-1-3-11(9-12)18-15(20)14-5-2-7-17-16(14)21-13-6-8-22-10-13/h1-5,7,9,13,19H,6,8,10H2,(H,18,20). The summed E-state index contributed by atoms with van der Waals surface area (Å²) in [7, 11) is 0. The number of phenolic OH excluding ortho intramolecular Hbond substituents is 1. The van der Waals surface area contributed by atoms with Gasteiger partial charge in [0.05, 0.1) is 0 Å². The quantitative estimate of drug-likeness (QED) is 0.907. The average molecular weight is 316 g/mol. The highest BCUT2D eigenvalue weighted by atomic mass is 32.2. The minimum absolute atomic E-state index is 0.100. The zero-order valence-electron chi connectivity index (χ0n) is 11.9. The smallest absolute Gasteiger partial charge is 0.261 e. The van der Waals surface area contributed by atoms with Crippen LogP contribution in [0.1, 0.15) is 16.8 Å². The van der Waals surface area contributed by atoms with Crippen LogP contribution < -0.4 is 10.1 Å². The number of thioether (sulfide) groups is 1. The summed E-state index contributed by atoms with van der Waals surface area (Å²) in [6.45, 7) is 0. The second-order valence-corrected chi connectivity index (χ2v) is 6.11. The Morgan fingerprint density at radius 2 is 2.27 bits per heavy atom. The van der Waals surface area contributed by atoms with E-state index in [2.05, 4.69) is 10.3 Å². The molecule has 1 aliphatic heterocycles. The van der Waals surface area contributed by atoms with Crippen molar-refractivity contribution in [1.29, 1.82) is 0 Å². The van der Waals surface area contributed by atoms with Crippen LogP contribution in [0.4, 0.5) is 5.69 Å². The number of nitrogens with one attached hydrogen (secondary N) is 1. The lowest BCUT2D eigenvalue weighted by Gasteiger charge is -2.14.